The Kier molecular flexibility index (Phi) is 5.81. The van der Waals surface area contributed by atoms with E-state index < -0.39 is 0 Å². The third-order valence-corrected chi connectivity index (χ3v) is 3.26. The standard InChI is InChI=1S/C18H20N2O/c1-2-21-17-10-6-7-15(13-17)14-20-18(11-12-19)16-8-4-3-5-9-16/h3-10,13,18,20H,2,11,14H2,1H3. The lowest BCUT2D eigenvalue weighted by Crippen LogP contribution is -2.20. The Morgan fingerprint density at radius 3 is 2.67 bits per heavy atom. The summed E-state index contributed by atoms with van der Waals surface area (Å²) in [6, 6.07) is 20.4. The molecule has 2 aromatic carbocycles. The Morgan fingerprint density at radius 2 is 1.95 bits per heavy atom. The molecule has 3 heteroatoms. The van der Waals surface area contributed by atoms with E-state index in [1.807, 2.05) is 55.5 Å². The molecule has 1 atom stereocenters. The zero-order chi connectivity index (χ0) is 14.9. The van der Waals surface area contributed by atoms with E-state index in [1.54, 1.807) is 0 Å². The molecule has 1 N–H and O–H groups in total. The van der Waals surface area contributed by atoms with Gasteiger partial charge in [0.1, 0.15) is 5.75 Å². The van der Waals surface area contributed by atoms with E-state index in [1.165, 1.54) is 0 Å². The SMILES string of the molecule is CCOc1cccc(CNC(CC#N)c2ccccc2)c1. The van der Waals surface area contributed by atoms with Crippen LogP contribution in [0.5, 0.6) is 5.75 Å². The summed E-state index contributed by atoms with van der Waals surface area (Å²) >= 11 is 0. The van der Waals surface area contributed by atoms with Crippen LogP contribution in [0.15, 0.2) is 54.6 Å². The Balaban J connectivity index is 2.02. The minimum atomic E-state index is 0.0481. The number of nitriles is 1. The molecule has 0 aliphatic carbocycles. The molecule has 0 bridgehead atoms. The predicted octanol–water partition coefficient (Wildman–Crippen LogP) is 3.83. The van der Waals surface area contributed by atoms with Crippen molar-refractivity contribution in [2.75, 3.05) is 6.61 Å². The van der Waals surface area contributed by atoms with Gasteiger partial charge < -0.3 is 10.1 Å². The maximum absolute atomic E-state index is 9.00. The molecule has 0 spiro atoms. The van der Waals surface area contributed by atoms with Crippen molar-refractivity contribution in [1.82, 2.24) is 5.32 Å². The number of ether oxygens (including phenoxy) is 1. The number of nitrogens with one attached hydrogen (secondary N) is 1. The van der Waals surface area contributed by atoms with Gasteiger partial charge in [-0.2, -0.15) is 5.26 Å². The van der Waals surface area contributed by atoms with Gasteiger partial charge >= 0.3 is 0 Å². The largest absolute Gasteiger partial charge is 0.494 e. The summed E-state index contributed by atoms with van der Waals surface area (Å²) in [7, 11) is 0. The molecule has 0 aliphatic heterocycles. The van der Waals surface area contributed by atoms with Crippen molar-refractivity contribution in [2.45, 2.75) is 25.9 Å². The molecular formula is C18H20N2O. The van der Waals surface area contributed by atoms with Crippen LogP contribution in [0.4, 0.5) is 0 Å². The van der Waals surface area contributed by atoms with Gasteiger partial charge in [0.05, 0.1) is 19.1 Å². The van der Waals surface area contributed by atoms with E-state index in [0.29, 0.717) is 19.6 Å². The molecule has 0 fully saturated rings. The molecule has 108 valence electrons. The average Bonchev–Trinajstić information content (AvgIpc) is 2.53. The van der Waals surface area contributed by atoms with Crippen LogP contribution in [-0.4, -0.2) is 6.61 Å². The first-order valence-electron chi connectivity index (χ1n) is 7.20. The highest BCUT2D eigenvalue weighted by molar-refractivity contribution is 5.29. The second kappa shape index (κ2) is 8.08. The van der Waals surface area contributed by atoms with Gasteiger partial charge in [-0.15, -0.1) is 0 Å². The average molecular weight is 280 g/mol. The lowest BCUT2D eigenvalue weighted by Gasteiger charge is -2.16. The van der Waals surface area contributed by atoms with Gasteiger partial charge in [-0.05, 0) is 30.2 Å². The van der Waals surface area contributed by atoms with Gasteiger partial charge in [0, 0.05) is 12.6 Å². The van der Waals surface area contributed by atoms with E-state index in [-0.39, 0.29) is 6.04 Å². The predicted molar refractivity (Wildman–Crippen MR) is 83.9 cm³/mol. The summed E-state index contributed by atoms with van der Waals surface area (Å²) in [5.74, 6) is 0.883. The smallest absolute Gasteiger partial charge is 0.119 e. The Bertz CT molecular complexity index is 590. The zero-order valence-electron chi connectivity index (χ0n) is 12.3. The summed E-state index contributed by atoms with van der Waals surface area (Å²) in [4.78, 5) is 0. The number of hydrogen-bond acceptors (Lipinski definition) is 3. The summed E-state index contributed by atoms with van der Waals surface area (Å²) in [6.07, 6.45) is 0.454. The quantitative estimate of drug-likeness (QED) is 0.838. The molecule has 21 heavy (non-hydrogen) atoms. The molecule has 0 radical (unpaired) electrons. The monoisotopic (exact) mass is 280 g/mol. The maximum atomic E-state index is 9.00. The molecule has 2 aromatic rings. The topological polar surface area (TPSA) is 45.0 Å². The minimum Gasteiger partial charge on any atom is -0.494 e. The molecule has 2 rings (SSSR count). The lowest BCUT2D eigenvalue weighted by molar-refractivity contribution is 0.339. The van der Waals surface area contributed by atoms with Crippen LogP contribution in [0.2, 0.25) is 0 Å². The highest BCUT2D eigenvalue weighted by atomic mass is 16.5. The Labute approximate surface area is 126 Å². The van der Waals surface area contributed by atoms with Crippen LogP contribution >= 0.6 is 0 Å². The van der Waals surface area contributed by atoms with Gasteiger partial charge in [-0.1, -0.05) is 42.5 Å². The first-order valence-corrected chi connectivity index (χ1v) is 7.20. The molecular weight excluding hydrogens is 260 g/mol. The van der Waals surface area contributed by atoms with Crippen LogP contribution in [0, 0.1) is 11.3 Å². The summed E-state index contributed by atoms with van der Waals surface area (Å²) < 4.78 is 5.51. The number of rotatable bonds is 7. The highest BCUT2D eigenvalue weighted by Crippen LogP contribution is 2.18. The van der Waals surface area contributed by atoms with Crippen molar-refractivity contribution >= 4 is 0 Å². The van der Waals surface area contributed by atoms with Crippen LogP contribution in [0.3, 0.4) is 0 Å². The fourth-order valence-electron chi connectivity index (χ4n) is 2.24. The van der Waals surface area contributed by atoms with Crippen molar-refractivity contribution in [2.24, 2.45) is 0 Å². The zero-order valence-corrected chi connectivity index (χ0v) is 12.3. The van der Waals surface area contributed by atoms with Gasteiger partial charge in [0.25, 0.3) is 0 Å². The lowest BCUT2D eigenvalue weighted by atomic mass is 10.0. The molecule has 1 unspecified atom stereocenters. The Hall–Kier alpha value is -2.31. The fraction of sp³-hybridized carbons (Fsp3) is 0.278. The normalized spacial score (nSPS) is 11.6. The summed E-state index contributed by atoms with van der Waals surface area (Å²) in [6.45, 7) is 3.35. The van der Waals surface area contributed by atoms with Gasteiger partial charge in [-0.3, -0.25) is 0 Å². The van der Waals surface area contributed by atoms with Crippen LogP contribution in [0.1, 0.15) is 30.5 Å². The van der Waals surface area contributed by atoms with Gasteiger partial charge in [0.15, 0.2) is 0 Å². The first-order chi connectivity index (χ1) is 10.3. The van der Waals surface area contributed by atoms with Crippen LogP contribution in [-0.2, 0) is 6.54 Å². The van der Waals surface area contributed by atoms with E-state index in [9.17, 15) is 0 Å². The molecule has 0 amide bonds. The number of hydrogen-bond donors (Lipinski definition) is 1. The summed E-state index contributed by atoms with van der Waals surface area (Å²) in [5.41, 5.74) is 2.29. The highest BCUT2D eigenvalue weighted by Gasteiger charge is 2.10. The molecule has 0 aromatic heterocycles. The van der Waals surface area contributed by atoms with Gasteiger partial charge in [0.2, 0.25) is 0 Å². The van der Waals surface area contributed by atoms with E-state index in [4.69, 9.17) is 10.00 Å². The van der Waals surface area contributed by atoms with E-state index in [0.717, 1.165) is 16.9 Å². The second-order valence-corrected chi connectivity index (χ2v) is 4.79. The minimum absolute atomic E-state index is 0.0481. The molecule has 0 saturated carbocycles. The fourth-order valence-corrected chi connectivity index (χ4v) is 2.24. The van der Waals surface area contributed by atoms with E-state index >= 15 is 0 Å². The van der Waals surface area contributed by atoms with Crippen molar-refractivity contribution < 1.29 is 4.74 Å². The third-order valence-electron chi connectivity index (χ3n) is 3.26. The molecule has 0 saturated heterocycles. The summed E-state index contributed by atoms with van der Waals surface area (Å²) in [5, 5.41) is 12.4. The first kappa shape index (κ1) is 15.1. The molecule has 3 nitrogen and oxygen atoms in total. The third kappa shape index (κ3) is 4.62. The van der Waals surface area contributed by atoms with Crippen molar-refractivity contribution in [1.29, 1.82) is 5.26 Å². The van der Waals surface area contributed by atoms with Crippen molar-refractivity contribution in [3.8, 4) is 11.8 Å². The maximum Gasteiger partial charge on any atom is 0.119 e. The van der Waals surface area contributed by atoms with Crippen molar-refractivity contribution in [3.05, 3.63) is 65.7 Å². The van der Waals surface area contributed by atoms with Crippen molar-refractivity contribution in [3.63, 3.8) is 0 Å². The van der Waals surface area contributed by atoms with E-state index in [2.05, 4.69) is 17.5 Å². The second-order valence-electron chi connectivity index (χ2n) is 4.79. The Morgan fingerprint density at radius 1 is 1.14 bits per heavy atom. The number of benzene rings is 2. The molecule has 0 heterocycles. The number of nitrogens with zero attached hydrogens (tertiary/aromatic N) is 1. The van der Waals surface area contributed by atoms with Crippen LogP contribution in [0.25, 0.3) is 0 Å². The molecule has 0 aliphatic rings. The van der Waals surface area contributed by atoms with Gasteiger partial charge in [-0.25, -0.2) is 0 Å². The van der Waals surface area contributed by atoms with Crippen LogP contribution < -0.4 is 10.1 Å².